The largest absolute Gasteiger partial charge is 0.491 e. The van der Waals surface area contributed by atoms with Crippen LogP contribution in [0.15, 0.2) is 54.7 Å². The minimum Gasteiger partial charge on any atom is -0.491 e. The van der Waals surface area contributed by atoms with Crippen LogP contribution in [0.3, 0.4) is 0 Å². The number of benzene rings is 2. The summed E-state index contributed by atoms with van der Waals surface area (Å²) < 4.78 is 34.4. The van der Waals surface area contributed by atoms with Crippen LogP contribution in [-0.4, -0.2) is 40.7 Å². The van der Waals surface area contributed by atoms with Crippen molar-refractivity contribution >= 4 is 47.0 Å². The minimum absolute atomic E-state index is 0. The zero-order valence-corrected chi connectivity index (χ0v) is 23.0. The molecule has 2 aromatic carbocycles. The molecule has 0 saturated carbocycles. The van der Waals surface area contributed by atoms with Gasteiger partial charge in [-0.3, -0.25) is 9.47 Å². The molecular weight excluding hydrogens is 559 g/mol. The van der Waals surface area contributed by atoms with E-state index >= 15 is 0 Å². The number of rotatable bonds is 6. The Labute approximate surface area is 241 Å². The normalized spacial score (nSPS) is 13.1. The van der Waals surface area contributed by atoms with Gasteiger partial charge < -0.3 is 10.1 Å². The fourth-order valence-corrected chi connectivity index (χ4v) is 5.09. The van der Waals surface area contributed by atoms with Crippen molar-refractivity contribution in [3.05, 3.63) is 99.5 Å². The van der Waals surface area contributed by atoms with Crippen LogP contribution in [0.25, 0.3) is 17.0 Å². The van der Waals surface area contributed by atoms with Gasteiger partial charge in [0.1, 0.15) is 5.15 Å². The summed E-state index contributed by atoms with van der Waals surface area (Å²) in [4.78, 5) is 19.5. The first-order chi connectivity index (χ1) is 18.9. The second kappa shape index (κ2) is 12.5. The number of nitrogens with zero attached hydrogens (tertiary/aromatic N) is 4. The van der Waals surface area contributed by atoms with E-state index in [2.05, 4.69) is 21.3 Å². The van der Waals surface area contributed by atoms with Crippen molar-refractivity contribution in [1.82, 2.24) is 19.8 Å². The number of methoxy groups -OCH3 is 1. The number of nitriles is 1. The summed E-state index contributed by atoms with van der Waals surface area (Å²) in [5, 5.41) is 13.7. The molecule has 0 unspecified atom stereocenters. The van der Waals surface area contributed by atoms with Crippen LogP contribution in [-0.2, 0) is 19.5 Å². The molecule has 206 valence electrons. The number of hydrogen-bond donors (Lipinski definition) is 1. The maximum Gasteiger partial charge on any atom is 0.326 e. The molecule has 0 fully saturated rings. The predicted octanol–water partition coefficient (Wildman–Crippen LogP) is 6.10. The summed E-state index contributed by atoms with van der Waals surface area (Å²) in [6.07, 6.45) is 5.72. The summed E-state index contributed by atoms with van der Waals surface area (Å²) in [7, 11) is 1.22. The van der Waals surface area contributed by atoms with Crippen LogP contribution in [0.2, 0.25) is 5.15 Å². The van der Waals surface area contributed by atoms with Crippen LogP contribution in [0.1, 0.15) is 27.9 Å². The molecule has 7 nitrogen and oxygen atoms in total. The quantitative estimate of drug-likeness (QED) is 0.277. The third kappa shape index (κ3) is 5.94. The van der Waals surface area contributed by atoms with Gasteiger partial charge in [0.25, 0.3) is 0 Å². The fraction of sp³-hybridized carbons (Fsp3) is 0.207. The maximum absolute atomic E-state index is 14.0. The molecule has 0 saturated heterocycles. The average Bonchev–Trinajstić information content (AvgIpc) is 3.24. The van der Waals surface area contributed by atoms with E-state index in [0.29, 0.717) is 47.9 Å². The van der Waals surface area contributed by atoms with Crippen molar-refractivity contribution in [3.63, 3.8) is 0 Å². The Hall–Kier alpha value is -3.97. The van der Waals surface area contributed by atoms with E-state index in [1.165, 1.54) is 19.2 Å². The van der Waals surface area contributed by atoms with Gasteiger partial charge in [-0.15, -0.1) is 12.4 Å². The number of ether oxygens (including phenoxy) is 1. The molecule has 4 aromatic rings. The van der Waals surface area contributed by atoms with E-state index in [0.717, 1.165) is 22.2 Å². The number of pyridine rings is 1. The standard InChI is InChI=1S/C29H24ClF2N5O2.ClH/c1-39-28-23(31)11-18(12-24(28)32)3-2-9-36-10-7-25-22(17-36)21-5-4-19(15-33)13-26(21)37(25)29(38)35-16-20-6-8-34-27(30)14-20;/h2-6,8,11-14H,7,9-10,16-17H2,1H3,(H,35,38);1H/b3-2+;. The van der Waals surface area contributed by atoms with Gasteiger partial charge in [-0.25, -0.2) is 18.6 Å². The molecule has 2 aromatic heterocycles. The zero-order valence-electron chi connectivity index (χ0n) is 21.5. The van der Waals surface area contributed by atoms with Crippen LogP contribution < -0.4 is 10.1 Å². The Kier molecular flexibility index (Phi) is 9.05. The van der Waals surface area contributed by atoms with Gasteiger partial charge in [-0.2, -0.15) is 5.26 Å². The molecule has 5 rings (SSSR count). The van der Waals surface area contributed by atoms with Gasteiger partial charge in [0, 0.05) is 49.9 Å². The SMILES string of the molecule is COc1c(F)cc(/C=C/CN2CCc3c(c4ccc(C#N)cc4n3C(=O)NCc3ccnc(Cl)c3)C2)cc1F.Cl. The predicted molar refractivity (Wildman–Crippen MR) is 152 cm³/mol. The first-order valence-corrected chi connectivity index (χ1v) is 12.6. The van der Waals surface area contributed by atoms with Gasteiger partial charge in [-0.1, -0.05) is 29.8 Å². The lowest BCUT2D eigenvalue weighted by atomic mass is 10.0. The van der Waals surface area contributed by atoms with E-state index in [4.69, 9.17) is 16.3 Å². The molecule has 1 N–H and O–H groups in total. The van der Waals surface area contributed by atoms with Gasteiger partial charge >= 0.3 is 6.03 Å². The van der Waals surface area contributed by atoms with E-state index in [1.54, 1.807) is 41.1 Å². The van der Waals surface area contributed by atoms with E-state index in [1.807, 2.05) is 12.1 Å². The van der Waals surface area contributed by atoms with Crippen LogP contribution >= 0.6 is 24.0 Å². The lowest BCUT2D eigenvalue weighted by Crippen LogP contribution is -2.34. The molecular formula is C29H25Cl2F2N5O2. The molecule has 11 heteroatoms. The molecule has 0 bridgehead atoms. The molecule has 3 heterocycles. The third-order valence-electron chi connectivity index (χ3n) is 6.69. The topological polar surface area (TPSA) is 83.2 Å². The van der Waals surface area contributed by atoms with Crippen LogP contribution in [0.5, 0.6) is 5.75 Å². The second-order valence-electron chi connectivity index (χ2n) is 9.16. The van der Waals surface area contributed by atoms with Gasteiger partial charge in [0.2, 0.25) is 0 Å². The van der Waals surface area contributed by atoms with Crippen molar-refractivity contribution < 1.29 is 18.3 Å². The number of nitrogens with one attached hydrogen (secondary N) is 1. The Morgan fingerprint density at radius 2 is 2.00 bits per heavy atom. The summed E-state index contributed by atoms with van der Waals surface area (Å²) >= 11 is 5.97. The highest BCUT2D eigenvalue weighted by molar-refractivity contribution is 6.29. The Balaban J connectivity index is 0.00000370. The lowest BCUT2D eigenvalue weighted by Gasteiger charge is -2.27. The Morgan fingerprint density at radius 3 is 2.70 bits per heavy atom. The Bertz CT molecular complexity index is 1620. The number of carbonyl (C=O) groups is 1. The summed E-state index contributed by atoms with van der Waals surface area (Å²) in [6, 6.07) is 13.1. The third-order valence-corrected chi connectivity index (χ3v) is 6.90. The number of aromatic nitrogens is 2. The fourth-order valence-electron chi connectivity index (χ4n) is 4.89. The lowest BCUT2D eigenvalue weighted by molar-refractivity contribution is 0.240. The van der Waals surface area contributed by atoms with Crippen LogP contribution in [0, 0.1) is 23.0 Å². The van der Waals surface area contributed by atoms with E-state index in [-0.39, 0.29) is 25.0 Å². The zero-order chi connectivity index (χ0) is 27.5. The highest BCUT2D eigenvalue weighted by atomic mass is 35.5. The van der Waals surface area contributed by atoms with Crippen molar-refractivity contribution in [1.29, 1.82) is 5.26 Å². The molecule has 40 heavy (non-hydrogen) atoms. The highest BCUT2D eigenvalue weighted by Crippen LogP contribution is 2.32. The van der Waals surface area contributed by atoms with Gasteiger partial charge in [-0.05, 0) is 53.1 Å². The minimum atomic E-state index is -0.755. The molecule has 0 aliphatic carbocycles. The summed E-state index contributed by atoms with van der Waals surface area (Å²) in [6.45, 7) is 2.08. The molecule has 1 amide bonds. The Morgan fingerprint density at radius 1 is 1.23 bits per heavy atom. The van der Waals surface area contributed by atoms with E-state index < -0.39 is 17.4 Å². The molecule has 0 atom stereocenters. The number of halogens is 4. The number of amides is 1. The maximum atomic E-state index is 14.0. The van der Waals surface area contributed by atoms with E-state index in [9.17, 15) is 18.8 Å². The summed E-state index contributed by atoms with van der Waals surface area (Å²) in [5.74, 6) is -1.91. The van der Waals surface area contributed by atoms with Gasteiger partial charge in [0.05, 0.1) is 24.3 Å². The van der Waals surface area contributed by atoms with Crippen molar-refractivity contribution in [2.45, 2.75) is 19.5 Å². The number of hydrogen-bond acceptors (Lipinski definition) is 5. The van der Waals surface area contributed by atoms with Crippen molar-refractivity contribution in [3.8, 4) is 11.8 Å². The molecule has 0 radical (unpaired) electrons. The first kappa shape index (κ1) is 29.0. The molecule has 0 spiro atoms. The average molecular weight is 584 g/mol. The van der Waals surface area contributed by atoms with Crippen LogP contribution in [0.4, 0.5) is 13.6 Å². The van der Waals surface area contributed by atoms with Crippen molar-refractivity contribution in [2.75, 3.05) is 20.2 Å². The monoisotopic (exact) mass is 583 g/mol. The first-order valence-electron chi connectivity index (χ1n) is 12.2. The number of carbonyl (C=O) groups excluding carboxylic acids is 1. The highest BCUT2D eigenvalue weighted by Gasteiger charge is 2.26. The summed E-state index contributed by atoms with van der Waals surface area (Å²) in [5.41, 5.74) is 4.26. The van der Waals surface area contributed by atoms with Crippen molar-refractivity contribution in [2.24, 2.45) is 0 Å². The van der Waals surface area contributed by atoms with Gasteiger partial charge in [0.15, 0.2) is 17.4 Å². The number of fused-ring (bicyclic) bond motifs is 3. The molecule has 1 aliphatic rings. The molecule has 1 aliphatic heterocycles. The smallest absolute Gasteiger partial charge is 0.326 e. The second-order valence-corrected chi connectivity index (χ2v) is 9.54.